The molecule has 100 valence electrons. The van der Waals surface area contributed by atoms with Gasteiger partial charge in [-0.05, 0) is 43.5 Å². The zero-order chi connectivity index (χ0) is 13.1. The van der Waals surface area contributed by atoms with E-state index in [1.54, 1.807) is 12.7 Å². The van der Waals surface area contributed by atoms with Gasteiger partial charge in [-0.15, -0.1) is 10.2 Å². The summed E-state index contributed by atoms with van der Waals surface area (Å²) in [4.78, 5) is 0. The summed E-state index contributed by atoms with van der Waals surface area (Å²) in [7, 11) is 0. The van der Waals surface area contributed by atoms with Crippen molar-refractivity contribution in [3.05, 3.63) is 36.9 Å². The molecule has 2 atom stereocenters. The summed E-state index contributed by atoms with van der Waals surface area (Å²) in [6.45, 7) is 0.767. The molecule has 1 heterocycles. The van der Waals surface area contributed by atoms with Gasteiger partial charge in [0.1, 0.15) is 12.7 Å². The van der Waals surface area contributed by atoms with Crippen LogP contribution in [0, 0.1) is 5.92 Å². The fourth-order valence-electron chi connectivity index (χ4n) is 2.81. The molecule has 0 aliphatic heterocycles. The first kappa shape index (κ1) is 12.2. The maximum absolute atomic E-state index is 5.82. The van der Waals surface area contributed by atoms with Crippen LogP contribution in [-0.4, -0.2) is 27.4 Å². The van der Waals surface area contributed by atoms with E-state index in [9.17, 15) is 0 Å². The second kappa shape index (κ2) is 5.40. The van der Waals surface area contributed by atoms with Crippen LogP contribution >= 0.6 is 0 Å². The molecule has 1 aromatic heterocycles. The topological polar surface area (TPSA) is 68.8 Å². The van der Waals surface area contributed by atoms with Crippen LogP contribution in [0.2, 0.25) is 0 Å². The first-order valence-corrected chi connectivity index (χ1v) is 6.78. The lowest BCUT2D eigenvalue weighted by atomic mass is 10.0. The van der Waals surface area contributed by atoms with E-state index in [1.165, 1.54) is 19.3 Å². The minimum absolute atomic E-state index is 0.501. The monoisotopic (exact) mass is 257 g/mol. The minimum Gasteiger partial charge on any atom is -0.382 e. The Labute approximate surface area is 112 Å². The number of benzene rings is 1. The van der Waals surface area contributed by atoms with Gasteiger partial charge in [0.15, 0.2) is 0 Å². The molecule has 5 nitrogen and oxygen atoms in total. The first-order valence-electron chi connectivity index (χ1n) is 6.78. The molecular formula is C14H19N5. The third-order valence-corrected chi connectivity index (χ3v) is 3.88. The van der Waals surface area contributed by atoms with Crippen LogP contribution in [0.25, 0.3) is 5.69 Å². The molecule has 2 unspecified atom stereocenters. The Morgan fingerprint density at radius 2 is 2.11 bits per heavy atom. The smallest absolute Gasteiger partial charge is 0.123 e. The molecule has 2 aromatic rings. The van der Waals surface area contributed by atoms with E-state index >= 15 is 0 Å². The van der Waals surface area contributed by atoms with Crippen molar-refractivity contribution in [3.8, 4) is 5.69 Å². The van der Waals surface area contributed by atoms with E-state index in [0.717, 1.165) is 17.9 Å². The van der Waals surface area contributed by atoms with Crippen LogP contribution in [0.1, 0.15) is 19.3 Å². The maximum Gasteiger partial charge on any atom is 0.123 e. The summed E-state index contributed by atoms with van der Waals surface area (Å²) in [5.74, 6) is 0.596. The summed E-state index contributed by atoms with van der Waals surface area (Å²) in [6, 6.07) is 8.81. The lowest BCUT2D eigenvalue weighted by Gasteiger charge is -2.21. The fourth-order valence-corrected chi connectivity index (χ4v) is 2.81. The molecule has 1 aliphatic rings. The molecule has 3 rings (SSSR count). The molecule has 1 aromatic carbocycles. The SMILES string of the molecule is NCC1CCCC1Nc1cccc(-n2cnnc2)c1. The predicted molar refractivity (Wildman–Crippen MR) is 75.2 cm³/mol. The Hall–Kier alpha value is -1.88. The van der Waals surface area contributed by atoms with E-state index < -0.39 is 0 Å². The highest BCUT2D eigenvalue weighted by atomic mass is 15.2. The summed E-state index contributed by atoms with van der Waals surface area (Å²) in [6.07, 6.45) is 7.12. The highest BCUT2D eigenvalue weighted by molar-refractivity contribution is 5.51. The third-order valence-electron chi connectivity index (χ3n) is 3.88. The molecule has 0 saturated heterocycles. The number of nitrogens with one attached hydrogen (secondary N) is 1. The van der Waals surface area contributed by atoms with Gasteiger partial charge in [-0.25, -0.2) is 0 Å². The fraction of sp³-hybridized carbons (Fsp3) is 0.429. The van der Waals surface area contributed by atoms with E-state index in [4.69, 9.17) is 5.73 Å². The van der Waals surface area contributed by atoms with Crippen LogP contribution in [0.4, 0.5) is 5.69 Å². The highest BCUT2D eigenvalue weighted by Gasteiger charge is 2.25. The van der Waals surface area contributed by atoms with Crippen LogP contribution in [0.5, 0.6) is 0 Å². The van der Waals surface area contributed by atoms with E-state index in [2.05, 4.69) is 27.6 Å². The highest BCUT2D eigenvalue weighted by Crippen LogP contribution is 2.28. The zero-order valence-corrected chi connectivity index (χ0v) is 10.9. The third kappa shape index (κ3) is 2.61. The normalized spacial score (nSPS) is 22.6. The van der Waals surface area contributed by atoms with Crippen molar-refractivity contribution in [3.63, 3.8) is 0 Å². The molecule has 0 radical (unpaired) electrons. The van der Waals surface area contributed by atoms with Gasteiger partial charge in [0.2, 0.25) is 0 Å². The van der Waals surface area contributed by atoms with Crippen molar-refractivity contribution < 1.29 is 0 Å². The summed E-state index contributed by atoms with van der Waals surface area (Å²) in [5, 5.41) is 11.3. The second-order valence-electron chi connectivity index (χ2n) is 5.10. The Balaban J connectivity index is 1.76. The van der Waals surface area contributed by atoms with Crippen LogP contribution in [-0.2, 0) is 0 Å². The molecular weight excluding hydrogens is 238 g/mol. The van der Waals surface area contributed by atoms with E-state index in [0.29, 0.717) is 12.0 Å². The Kier molecular flexibility index (Phi) is 3.46. The summed E-state index contributed by atoms with van der Waals surface area (Å²) >= 11 is 0. The maximum atomic E-state index is 5.82. The Morgan fingerprint density at radius 3 is 2.89 bits per heavy atom. The second-order valence-corrected chi connectivity index (χ2v) is 5.10. The molecule has 1 fully saturated rings. The van der Waals surface area contributed by atoms with Crippen molar-refractivity contribution in [1.82, 2.24) is 14.8 Å². The van der Waals surface area contributed by atoms with Gasteiger partial charge in [-0.1, -0.05) is 12.5 Å². The first-order chi connectivity index (χ1) is 9.36. The Bertz CT molecular complexity index is 522. The largest absolute Gasteiger partial charge is 0.382 e. The number of hydrogen-bond donors (Lipinski definition) is 2. The van der Waals surface area contributed by atoms with Gasteiger partial charge in [0, 0.05) is 11.7 Å². The summed E-state index contributed by atoms with van der Waals surface area (Å²) < 4.78 is 1.90. The standard InChI is InChI=1S/C14H19N5/c15-8-11-3-1-6-14(11)18-12-4-2-5-13(7-12)19-9-16-17-10-19/h2,4-5,7,9-11,14,18H,1,3,6,8,15H2. The Morgan fingerprint density at radius 1 is 1.26 bits per heavy atom. The van der Waals surface area contributed by atoms with Crippen LogP contribution in [0.3, 0.4) is 0 Å². The van der Waals surface area contributed by atoms with Crippen molar-refractivity contribution in [2.75, 3.05) is 11.9 Å². The minimum atomic E-state index is 0.501. The average molecular weight is 257 g/mol. The van der Waals surface area contributed by atoms with E-state index in [1.807, 2.05) is 16.7 Å². The molecule has 19 heavy (non-hydrogen) atoms. The van der Waals surface area contributed by atoms with Gasteiger partial charge in [0.05, 0.1) is 5.69 Å². The number of nitrogens with two attached hydrogens (primary N) is 1. The number of hydrogen-bond acceptors (Lipinski definition) is 4. The number of anilines is 1. The van der Waals surface area contributed by atoms with Gasteiger partial charge >= 0.3 is 0 Å². The molecule has 3 N–H and O–H groups in total. The lowest BCUT2D eigenvalue weighted by Crippen LogP contribution is -2.29. The lowest BCUT2D eigenvalue weighted by molar-refractivity contribution is 0.516. The zero-order valence-electron chi connectivity index (χ0n) is 10.9. The van der Waals surface area contributed by atoms with Gasteiger partial charge in [0.25, 0.3) is 0 Å². The molecule has 5 heteroatoms. The van der Waals surface area contributed by atoms with Crippen molar-refractivity contribution in [1.29, 1.82) is 0 Å². The van der Waals surface area contributed by atoms with Crippen LogP contribution in [0.15, 0.2) is 36.9 Å². The van der Waals surface area contributed by atoms with E-state index in [-0.39, 0.29) is 0 Å². The van der Waals surface area contributed by atoms with Gasteiger partial charge in [-0.2, -0.15) is 0 Å². The molecule has 1 saturated carbocycles. The van der Waals surface area contributed by atoms with Crippen molar-refractivity contribution >= 4 is 5.69 Å². The number of nitrogens with zero attached hydrogens (tertiary/aromatic N) is 3. The quantitative estimate of drug-likeness (QED) is 0.876. The predicted octanol–water partition coefficient (Wildman–Crippen LogP) is 1.81. The van der Waals surface area contributed by atoms with Crippen molar-refractivity contribution in [2.24, 2.45) is 11.7 Å². The molecule has 1 aliphatic carbocycles. The van der Waals surface area contributed by atoms with Crippen molar-refractivity contribution in [2.45, 2.75) is 25.3 Å². The summed E-state index contributed by atoms with van der Waals surface area (Å²) in [5.41, 5.74) is 8.03. The molecule has 0 spiro atoms. The number of aromatic nitrogens is 3. The molecule has 0 bridgehead atoms. The van der Waals surface area contributed by atoms with Gasteiger partial charge < -0.3 is 11.1 Å². The number of rotatable bonds is 4. The molecule has 0 amide bonds. The van der Waals surface area contributed by atoms with Gasteiger partial charge in [-0.3, -0.25) is 4.57 Å². The van der Waals surface area contributed by atoms with Crippen LogP contribution < -0.4 is 11.1 Å². The average Bonchev–Trinajstić information content (AvgIpc) is 3.10.